The molecule has 0 atom stereocenters. The molecule has 0 unspecified atom stereocenters. The Balaban J connectivity index is 1.81. The van der Waals surface area contributed by atoms with Gasteiger partial charge in [-0.1, -0.05) is 30.3 Å². The zero-order valence-corrected chi connectivity index (χ0v) is 15.9. The molecule has 1 aromatic heterocycles. The first-order chi connectivity index (χ1) is 13.3. The number of hydrogen-bond donors (Lipinski definition) is 0. The van der Waals surface area contributed by atoms with Gasteiger partial charge in [0.1, 0.15) is 17.9 Å². The molecule has 28 heavy (non-hydrogen) atoms. The fourth-order valence-corrected chi connectivity index (χ4v) is 2.88. The van der Waals surface area contributed by atoms with Crippen molar-refractivity contribution in [2.75, 3.05) is 6.73 Å². The Morgan fingerprint density at radius 2 is 1.96 bits per heavy atom. The molecule has 0 saturated heterocycles. The van der Waals surface area contributed by atoms with Crippen LogP contribution in [0.4, 0.5) is 4.39 Å². The van der Waals surface area contributed by atoms with Crippen LogP contribution in [0.15, 0.2) is 54.4 Å². The van der Waals surface area contributed by atoms with Gasteiger partial charge in [0, 0.05) is 11.8 Å². The van der Waals surface area contributed by atoms with Gasteiger partial charge in [0.25, 0.3) is 5.91 Å². The van der Waals surface area contributed by atoms with Gasteiger partial charge in [0.05, 0.1) is 5.57 Å². The summed E-state index contributed by atoms with van der Waals surface area (Å²) in [5.74, 6) is -1.60. The predicted octanol–water partition coefficient (Wildman–Crippen LogP) is 3.29. The average molecular weight is 384 g/mol. The highest BCUT2D eigenvalue weighted by Crippen LogP contribution is 2.31. The summed E-state index contributed by atoms with van der Waals surface area (Å²) in [7, 11) is 0. The largest absolute Gasteiger partial charge is 0.477 e. The number of aromatic nitrogens is 1. The van der Waals surface area contributed by atoms with Gasteiger partial charge in [-0.2, -0.15) is 4.39 Å². The lowest BCUT2D eigenvalue weighted by Crippen LogP contribution is -2.56. The maximum Gasteiger partial charge on any atom is 0.331 e. The van der Waals surface area contributed by atoms with Crippen LogP contribution < -0.4 is 0 Å². The van der Waals surface area contributed by atoms with Gasteiger partial charge in [-0.05, 0) is 38.5 Å². The highest BCUT2D eigenvalue weighted by molar-refractivity contribution is 6.21. The van der Waals surface area contributed by atoms with Crippen LogP contribution in [0.2, 0.25) is 0 Å². The molecule has 1 aromatic carbocycles. The van der Waals surface area contributed by atoms with E-state index in [0.717, 1.165) is 5.56 Å². The van der Waals surface area contributed by atoms with Crippen LogP contribution in [0.5, 0.6) is 0 Å². The normalized spacial score (nSPS) is 14.7. The second kappa shape index (κ2) is 7.80. The summed E-state index contributed by atoms with van der Waals surface area (Å²) in [6.45, 7) is 4.67. The van der Waals surface area contributed by atoms with E-state index in [1.165, 1.54) is 23.2 Å². The van der Waals surface area contributed by atoms with Crippen LogP contribution in [0, 0.1) is 5.95 Å². The predicted molar refractivity (Wildman–Crippen MR) is 99.9 cm³/mol. The third kappa shape index (κ3) is 3.74. The molecule has 1 aliphatic heterocycles. The van der Waals surface area contributed by atoms with Crippen molar-refractivity contribution in [3.8, 4) is 0 Å². The summed E-state index contributed by atoms with van der Waals surface area (Å²) in [5, 5.41) is 0. The third-order valence-electron chi connectivity index (χ3n) is 4.64. The third-order valence-corrected chi connectivity index (χ3v) is 4.64. The molecule has 1 amide bonds. The zero-order valence-electron chi connectivity index (χ0n) is 15.9. The van der Waals surface area contributed by atoms with Crippen LogP contribution in [0.25, 0.3) is 5.57 Å². The minimum atomic E-state index is -1.31. The molecule has 0 bridgehead atoms. The molecule has 1 aliphatic rings. The van der Waals surface area contributed by atoms with Crippen LogP contribution in [0.1, 0.15) is 31.9 Å². The van der Waals surface area contributed by atoms with Gasteiger partial charge in [-0.15, -0.1) is 0 Å². The van der Waals surface area contributed by atoms with Crippen molar-refractivity contribution < 1.29 is 23.5 Å². The molecule has 6 nitrogen and oxygen atoms in total. The van der Waals surface area contributed by atoms with E-state index in [1.807, 2.05) is 30.3 Å². The van der Waals surface area contributed by atoms with Gasteiger partial charge >= 0.3 is 5.97 Å². The molecule has 0 saturated carbocycles. The Labute approximate surface area is 162 Å². The number of benzene rings is 1. The average Bonchev–Trinajstić information content (AvgIpc) is 2.68. The first-order valence-electron chi connectivity index (χ1n) is 8.80. The van der Waals surface area contributed by atoms with Crippen LogP contribution in [-0.2, 0) is 25.7 Å². The first-order valence-corrected chi connectivity index (χ1v) is 8.80. The maximum absolute atomic E-state index is 14.1. The fourth-order valence-electron chi connectivity index (χ4n) is 2.88. The van der Waals surface area contributed by atoms with E-state index in [-0.39, 0.29) is 30.2 Å². The summed E-state index contributed by atoms with van der Waals surface area (Å²) in [6.07, 6.45) is 1.30. The quantitative estimate of drug-likeness (QED) is 0.585. The topological polar surface area (TPSA) is 68.7 Å². The second-order valence-electron chi connectivity index (χ2n) is 6.90. The van der Waals surface area contributed by atoms with Crippen molar-refractivity contribution in [1.29, 1.82) is 0 Å². The molecule has 7 heteroatoms. The summed E-state index contributed by atoms with van der Waals surface area (Å²) in [5.41, 5.74) is -0.401. The maximum atomic E-state index is 14.1. The summed E-state index contributed by atoms with van der Waals surface area (Å²) in [4.78, 5) is 30.6. The molecule has 2 heterocycles. The van der Waals surface area contributed by atoms with Crippen molar-refractivity contribution in [2.24, 2.45) is 0 Å². The lowest BCUT2D eigenvalue weighted by molar-refractivity contribution is -0.166. The number of esters is 1. The molecule has 2 aromatic rings. The molecule has 0 radical (unpaired) electrons. The summed E-state index contributed by atoms with van der Waals surface area (Å²) < 4.78 is 25.1. The number of ether oxygens (including phenoxy) is 2. The Hall–Kier alpha value is -3.22. The van der Waals surface area contributed by atoms with E-state index in [9.17, 15) is 14.0 Å². The van der Waals surface area contributed by atoms with Crippen molar-refractivity contribution in [1.82, 2.24) is 9.88 Å². The van der Waals surface area contributed by atoms with E-state index in [2.05, 4.69) is 4.98 Å². The number of rotatable bonds is 5. The number of amides is 1. The number of carbonyl (C=O) groups is 2. The molecular formula is C21H21FN2O4. The van der Waals surface area contributed by atoms with Crippen molar-refractivity contribution in [2.45, 2.75) is 32.9 Å². The zero-order chi connectivity index (χ0) is 20.3. The minimum Gasteiger partial charge on any atom is -0.477 e. The summed E-state index contributed by atoms with van der Waals surface area (Å²) >= 11 is 0. The lowest BCUT2D eigenvalue weighted by atomic mass is 9.98. The number of nitrogens with zero attached hydrogens (tertiary/aromatic N) is 2. The van der Waals surface area contributed by atoms with Crippen molar-refractivity contribution in [3.05, 3.63) is 71.5 Å². The van der Waals surface area contributed by atoms with Gasteiger partial charge in [-0.3, -0.25) is 9.69 Å². The molecular weight excluding hydrogens is 363 g/mol. The molecule has 0 spiro atoms. The minimum absolute atomic E-state index is 0.0307. The lowest BCUT2D eigenvalue weighted by Gasteiger charge is -2.39. The number of pyridine rings is 1. The molecule has 0 fully saturated rings. The van der Waals surface area contributed by atoms with Crippen molar-refractivity contribution >= 4 is 17.4 Å². The molecule has 146 valence electrons. The molecule has 3 rings (SSSR count). The molecule has 0 N–H and O–H groups in total. The number of hydrogen-bond acceptors (Lipinski definition) is 5. The number of carbonyl (C=O) groups excluding carboxylic acids is 2. The van der Waals surface area contributed by atoms with Gasteiger partial charge in [-0.25, -0.2) is 9.78 Å². The fraction of sp³-hybridized carbons (Fsp3) is 0.286. The number of halogens is 1. The number of allylic oxidation sites excluding steroid dienone is 1. The summed E-state index contributed by atoms with van der Waals surface area (Å²) in [6, 6.07) is 12.2. The SMILES string of the molecule is CC1=C(c2cccnc2F)C(=O)N(C(C)(C)C(=O)OCc2ccccc2)CO1. The van der Waals surface area contributed by atoms with Gasteiger partial charge in [0.2, 0.25) is 5.95 Å². The smallest absolute Gasteiger partial charge is 0.331 e. The Morgan fingerprint density at radius 3 is 2.64 bits per heavy atom. The van der Waals surface area contributed by atoms with E-state index in [4.69, 9.17) is 9.47 Å². The van der Waals surface area contributed by atoms with E-state index >= 15 is 0 Å². The van der Waals surface area contributed by atoms with E-state index < -0.39 is 23.4 Å². The highest BCUT2D eigenvalue weighted by atomic mass is 19.1. The van der Waals surface area contributed by atoms with Crippen LogP contribution in [-0.4, -0.2) is 34.0 Å². The van der Waals surface area contributed by atoms with Gasteiger partial charge in [0.15, 0.2) is 6.73 Å². The highest BCUT2D eigenvalue weighted by Gasteiger charge is 2.43. The van der Waals surface area contributed by atoms with Crippen LogP contribution >= 0.6 is 0 Å². The first kappa shape index (κ1) is 19.5. The monoisotopic (exact) mass is 384 g/mol. The van der Waals surface area contributed by atoms with E-state index in [0.29, 0.717) is 0 Å². The Morgan fingerprint density at radius 1 is 1.25 bits per heavy atom. The molecule has 0 aliphatic carbocycles. The second-order valence-corrected chi connectivity index (χ2v) is 6.90. The van der Waals surface area contributed by atoms with E-state index in [1.54, 1.807) is 20.8 Å². The standard InChI is InChI=1S/C21H21FN2O4/c1-14-17(16-10-7-11-23-18(16)22)19(25)24(13-28-14)21(2,3)20(26)27-12-15-8-5-4-6-9-15/h4-11H,12-13H2,1-3H3. The Kier molecular flexibility index (Phi) is 5.44. The Bertz CT molecular complexity index is 925. The van der Waals surface area contributed by atoms with Gasteiger partial charge < -0.3 is 9.47 Å². The van der Waals surface area contributed by atoms with Crippen LogP contribution in [0.3, 0.4) is 0 Å². The van der Waals surface area contributed by atoms with Crippen molar-refractivity contribution in [3.63, 3.8) is 0 Å².